The summed E-state index contributed by atoms with van der Waals surface area (Å²) < 4.78 is 66.8. The van der Waals surface area contributed by atoms with E-state index < -0.39 is 58.0 Å². The van der Waals surface area contributed by atoms with E-state index in [2.05, 4.69) is 5.10 Å². The Balaban J connectivity index is 2.31. The van der Waals surface area contributed by atoms with Crippen molar-refractivity contribution in [3.8, 4) is 0 Å². The average molecular weight is 385 g/mol. The van der Waals surface area contributed by atoms with Crippen molar-refractivity contribution in [2.45, 2.75) is 13.5 Å². The van der Waals surface area contributed by atoms with E-state index in [1.807, 2.05) is 0 Å². The molecular formula is C12H6ClF5N4O3. The normalized spacial score (nSPS) is 10.8. The first-order valence-corrected chi connectivity index (χ1v) is 6.62. The maximum atomic E-state index is 13.5. The first-order valence-electron chi connectivity index (χ1n) is 6.24. The highest BCUT2D eigenvalue weighted by Gasteiger charge is 2.28. The highest BCUT2D eigenvalue weighted by atomic mass is 35.5. The van der Waals surface area contributed by atoms with Gasteiger partial charge in [0.2, 0.25) is 11.7 Å². The molecule has 0 bridgehead atoms. The van der Waals surface area contributed by atoms with E-state index >= 15 is 0 Å². The number of benzene rings is 1. The molecule has 134 valence electrons. The first-order chi connectivity index (χ1) is 11.6. The molecule has 0 aliphatic heterocycles. The van der Waals surface area contributed by atoms with Gasteiger partial charge in [0.25, 0.3) is 0 Å². The van der Waals surface area contributed by atoms with Gasteiger partial charge in [-0.2, -0.15) is 4.68 Å². The smallest absolute Gasteiger partial charge is 0.358 e. The fourth-order valence-electron chi connectivity index (χ4n) is 1.81. The minimum Gasteiger partial charge on any atom is -0.358 e. The molecule has 1 amide bonds. The van der Waals surface area contributed by atoms with E-state index in [-0.39, 0.29) is 10.7 Å². The van der Waals surface area contributed by atoms with Gasteiger partial charge in [-0.1, -0.05) is 11.6 Å². The van der Waals surface area contributed by atoms with E-state index in [4.69, 9.17) is 11.6 Å². The van der Waals surface area contributed by atoms with Crippen LogP contribution in [0.3, 0.4) is 0 Å². The molecule has 0 atom stereocenters. The van der Waals surface area contributed by atoms with Gasteiger partial charge in [-0.15, -0.1) is 0 Å². The Morgan fingerprint density at radius 1 is 1.16 bits per heavy atom. The highest BCUT2D eigenvalue weighted by Crippen LogP contribution is 2.28. The van der Waals surface area contributed by atoms with Crippen molar-refractivity contribution in [2.24, 2.45) is 0 Å². The Bertz CT molecular complexity index is 873. The fraction of sp³-hybridized carbons (Fsp3) is 0.167. The van der Waals surface area contributed by atoms with Gasteiger partial charge >= 0.3 is 5.82 Å². The molecule has 0 saturated heterocycles. The third-order valence-corrected chi connectivity index (χ3v) is 3.50. The molecule has 0 aliphatic carbocycles. The van der Waals surface area contributed by atoms with Crippen molar-refractivity contribution in [2.75, 3.05) is 5.32 Å². The minimum absolute atomic E-state index is 0.0130. The maximum Gasteiger partial charge on any atom is 0.408 e. The number of carbonyl (C=O) groups is 1. The van der Waals surface area contributed by atoms with Crippen LogP contribution in [0.25, 0.3) is 0 Å². The Hall–Kier alpha value is -2.76. The predicted molar refractivity (Wildman–Crippen MR) is 73.5 cm³/mol. The second-order valence-electron chi connectivity index (χ2n) is 4.63. The van der Waals surface area contributed by atoms with Crippen molar-refractivity contribution in [3.63, 3.8) is 0 Å². The second-order valence-corrected chi connectivity index (χ2v) is 5.01. The molecule has 2 aromatic rings. The Morgan fingerprint density at radius 2 is 1.64 bits per heavy atom. The Morgan fingerprint density at radius 3 is 2.08 bits per heavy atom. The molecule has 1 N–H and O–H groups in total. The van der Waals surface area contributed by atoms with Crippen LogP contribution in [0.2, 0.25) is 5.02 Å². The average Bonchev–Trinajstić information content (AvgIpc) is 2.83. The maximum absolute atomic E-state index is 13.5. The zero-order valence-electron chi connectivity index (χ0n) is 12.0. The molecule has 0 saturated carbocycles. The van der Waals surface area contributed by atoms with Gasteiger partial charge in [0.15, 0.2) is 28.3 Å². The SMILES string of the molecule is Cc1c(Cl)c([N+](=O)[O-])nn1CC(=O)Nc1c(F)c(F)c(F)c(F)c1F. The molecule has 2 rings (SSSR count). The van der Waals surface area contributed by atoms with Crippen LogP contribution < -0.4 is 5.32 Å². The van der Waals surface area contributed by atoms with Gasteiger partial charge in [-0.3, -0.25) is 4.79 Å². The zero-order chi connectivity index (χ0) is 19.0. The van der Waals surface area contributed by atoms with E-state index in [1.165, 1.54) is 12.2 Å². The number of anilines is 1. The van der Waals surface area contributed by atoms with Gasteiger partial charge in [0.05, 0.1) is 10.8 Å². The number of nitro groups is 1. The Kier molecular flexibility index (Phi) is 4.92. The highest BCUT2D eigenvalue weighted by molar-refractivity contribution is 6.33. The fourth-order valence-corrected chi connectivity index (χ4v) is 2.01. The largest absolute Gasteiger partial charge is 0.408 e. The van der Waals surface area contributed by atoms with Gasteiger partial charge in [-0.25, -0.2) is 22.0 Å². The van der Waals surface area contributed by atoms with Crippen LogP contribution in [0.15, 0.2) is 0 Å². The molecule has 0 aliphatic rings. The summed E-state index contributed by atoms with van der Waals surface area (Å²) in [5.74, 6) is -13.3. The summed E-state index contributed by atoms with van der Waals surface area (Å²) in [7, 11) is 0. The third-order valence-electron chi connectivity index (χ3n) is 3.06. The number of halogens is 6. The van der Waals surface area contributed by atoms with Gasteiger partial charge in [0.1, 0.15) is 12.2 Å². The van der Waals surface area contributed by atoms with Crippen LogP contribution in [-0.4, -0.2) is 20.6 Å². The number of aromatic nitrogens is 2. The summed E-state index contributed by atoms with van der Waals surface area (Å²) in [6.07, 6.45) is 0. The van der Waals surface area contributed by atoms with E-state index in [1.54, 1.807) is 0 Å². The molecule has 0 spiro atoms. The number of nitrogens with one attached hydrogen (secondary N) is 1. The lowest BCUT2D eigenvalue weighted by atomic mass is 10.2. The molecule has 0 radical (unpaired) electrons. The van der Waals surface area contributed by atoms with Crippen LogP contribution in [0, 0.1) is 46.1 Å². The molecule has 1 heterocycles. The number of rotatable bonds is 4. The van der Waals surface area contributed by atoms with Crippen molar-refractivity contribution in [1.82, 2.24) is 9.78 Å². The van der Waals surface area contributed by atoms with Crippen LogP contribution in [0.5, 0.6) is 0 Å². The molecule has 25 heavy (non-hydrogen) atoms. The van der Waals surface area contributed by atoms with Gasteiger partial charge < -0.3 is 15.4 Å². The molecule has 0 unspecified atom stereocenters. The number of hydrogen-bond donors (Lipinski definition) is 1. The van der Waals surface area contributed by atoms with Gasteiger partial charge in [0, 0.05) is 0 Å². The number of amides is 1. The zero-order valence-corrected chi connectivity index (χ0v) is 12.8. The molecule has 7 nitrogen and oxygen atoms in total. The van der Waals surface area contributed by atoms with E-state index in [0.717, 1.165) is 4.68 Å². The van der Waals surface area contributed by atoms with Crippen molar-refractivity contribution >= 4 is 29.0 Å². The summed E-state index contributed by atoms with van der Waals surface area (Å²) in [5.41, 5.74) is -1.56. The monoisotopic (exact) mass is 384 g/mol. The first kappa shape index (κ1) is 18.6. The number of hydrogen-bond acceptors (Lipinski definition) is 4. The predicted octanol–water partition coefficient (Wildman–Crippen LogP) is 3.09. The van der Waals surface area contributed by atoms with Crippen LogP contribution in [0.1, 0.15) is 5.69 Å². The molecule has 0 fully saturated rings. The van der Waals surface area contributed by atoms with E-state index in [0.29, 0.717) is 0 Å². The van der Waals surface area contributed by atoms with Gasteiger partial charge in [-0.05, 0) is 11.8 Å². The second kappa shape index (κ2) is 6.63. The quantitative estimate of drug-likeness (QED) is 0.288. The molecule has 1 aromatic heterocycles. The lowest BCUT2D eigenvalue weighted by Gasteiger charge is -2.09. The standard InChI is InChI=1S/C12H6ClF5N4O3/c1-3-5(13)12(22(24)25)20-21(3)2-4(23)19-11-9(17)7(15)6(14)8(16)10(11)18/h2H2,1H3,(H,19,23). The van der Waals surface area contributed by atoms with E-state index in [9.17, 15) is 36.9 Å². The number of nitrogens with zero attached hydrogens (tertiary/aromatic N) is 3. The molecule has 1 aromatic carbocycles. The van der Waals surface area contributed by atoms with Crippen LogP contribution >= 0.6 is 11.6 Å². The lowest BCUT2D eigenvalue weighted by molar-refractivity contribution is -0.389. The van der Waals surface area contributed by atoms with Crippen LogP contribution in [-0.2, 0) is 11.3 Å². The summed E-state index contributed by atoms with van der Waals surface area (Å²) >= 11 is 5.64. The third kappa shape index (κ3) is 3.24. The topological polar surface area (TPSA) is 90.1 Å². The molecule has 13 heteroatoms. The summed E-state index contributed by atoms with van der Waals surface area (Å²) in [5, 5.41) is 15.2. The van der Waals surface area contributed by atoms with Crippen molar-refractivity contribution < 1.29 is 31.7 Å². The summed E-state index contributed by atoms with van der Waals surface area (Å²) in [6, 6.07) is 0. The lowest BCUT2D eigenvalue weighted by Crippen LogP contribution is -2.22. The molecular weight excluding hydrogens is 379 g/mol. The minimum atomic E-state index is -2.38. The summed E-state index contributed by atoms with van der Waals surface area (Å²) in [4.78, 5) is 21.5. The van der Waals surface area contributed by atoms with Crippen LogP contribution in [0.4, 0.5) is 33.5 Å². The summed E-state index contributed by atoms with van der Waals surface area (Å²) in [6.45, 7) is 0.451. The van der Waals surface area contributed by atoms with Crippen molar-refractivity contribution in [1.29, 1.82) is 0 Å². The Labute approximate surface area is 140 Å². The number of carbonyl (C=O) groups excluding carboxylic acids is 1. The van der Waals surface area contributed by atoms with Crippen molar-refractivity contribution in [3.05, 3.63) is 49.9 Å².